The second kappa shape index (κ2) is 9.43. The Hall–Kier alpha value is -1.51. The number of benzene rings is 1. The molecule has 1 fully saturated rings. The second-order valence-corrected chi connectivity index (χ2v) is 6.34. The quantitative estimate of drug-likeness (QED) is 0.795. The van der Waals surface area contributed by atoms with Crippen LogP contribution in [0.3, 0.4) is 0 Å². The minimum absolute atomic E-state index is 0. The van der Waals surface area contributed by atoms with Crippen molar-refractivity contribution in [1.29, 1.82) is 0 Å². The van der Waals surface area contributed by atoms with Gasteiger partial charge in [0.15, 0.2) is 0 Å². The molecule has 1 aliphatic rings. The maximum absolute atomic E-state index is 12.8. The molecule has 146 valence electrons. The third-order valence-corrected chi connectivity index (χ3v) is 4.25. The van der Waals surface area contributed by atoms with Crippen molar-refractivity contribution in [3.8, 4) is 0 Å². The lowest BCUT2D eigenvalue weighted by atomic mass is 10.0. The Kier molecular flexibility index (Phi) is 8.17. The molecule has 1 saturated heterocycles. The Morgan fingerprint density at radius 3 is 2.62 bits per heavy atom. The van der Waals surface area contributed by atoms with Crippen molar-refractivity contribution >= 4 is 41.5 Å². The normalized spacial score (nSPS) is 17.2. The number of rotatable bonds is 4. The molecule has 0 spiro atoms. The van der Waals surface area contributed by atoms with Gasteiger partial charge < -0.3 is 15.5 Å². The SMILES string of the molecule is CN(CC(=O)Nc1ccc(Cl)c(C(F)(F)F)c1)C(=O)C1CCCCN1.Cl. The van der Waals surface area contributed by atoms with Gasteiger partial charge in [-0.15, -0.1) is 12.4 Å². The molecule has 0 saturated carbocycles. The van der Waals surface area contributed by atoms with Gasteiger partial charge in [-0.2, -0.15) is 13.2 Å². The zero-order valence-electron chi connectivity index (χ0n) is 14.0. The third-order valence-electron chi connectivity index (χ3n) is 3.92. The van der Waals surface area contributed by atoms with Crippen LogP contribution < -0.4 is 10.6 Å². The number of nitrogens with zero attached hydrogens (tertiary/aromatic N) is 1. The Morgan fingerprint density at radius 1 is 1.35 bits per heavy atom. The fourth-order valence-electron chi connectivity index (χ4n) is 2.64. The maximum atomic E-state index is 12.8. The van der Waals surface area contributed by atoms with Crippen molar-refractivity contribution in [2.45, 2.75) is 31.5 Å². The summed E-state index contributed by atoms with van der Waals surface area (Å²) in [5.41, 5.74) is -1.05. The van der Waals surface area contributed by atoms with Crippen LogP contribution in [0.25, 0.3) is 0 Å². The molecule has 1 aromatic carbocycles. The van der Waals surface area contributed by atoms with Crippen LogP contribution in [0.4, 0.5) is 18.9 Å². The second-order valence-electron chi connectivity index (χ2n) is 5.94. The van der Waals surface area contributed by atoms with Gasteiger partial charge in [-0.05, 0) is 37.6 Å². The zero-order valence-corrected chi connectivity index (χ0v) is 15.6. The molecule has 2 N–H and O–H groups in total. The van der Waals surface area contributed by atoms with Gasteiger partial charge in [0.1, 0.15) is 0 Å². The Bertz CT molecular complexity index is 650. The van der Waals surface area contributed by atoms with E-state index in [1.165, 1.54) is 18.0 Å². The van der Waals surface area contributed by atoms with Gasteiger partial charge in [-0.3, -0.25) is 9.59 Å². The number of carbonyl (C=O) groups is 2. The van der Waals surface area contributed by atoms with Gasteiger partial charge in [0.25, 0.3) is 0 Å². The van der Waals surface area contributed by atoms with E-state index in [0.29, 0.717) is 6.42 Å². The van der Waals surface area contributed by atoms with Gasteiger partial charge >= 0.3 is 6.18 Å². The molecule has 10 heteroatoms. The number of likely N-dealkylation sites (N-methyl/N-ethyl adjacent to an activating group) is 1. The highest BCUT2D eigenvalue weighted by Crippen LogP contribution is 2.36. The predicted octanol–water partition coefficient (Wildman–Crippen LogP) is 3.32. The van der Waals surface area contributed by atoms with Gasteiger partial charge in [-0.1, -0.05) is 18.0 Å². The molecule has 2 rings (SSSR count). The number of carbonyl (C=O) groups excluding carboxylic acids is 2. The molecule has 26 heavy (non-hydrogen) atoms. The van der Waals surface area contributed by atoms with Crippen LogP contribution in [0.1, 0.15) is 24.8 Å². The van der Waals surface area contributed by atoms with Crippen molar-refractivity contribution in [2.75, 3.05) is 25.5 Å². The van der Waals surface area contributed by atoms with E-state index in [-0.39, 0.29) is 36.6 Å². The lowest BCUT2D eigenvalue weighted by Gasteiger charge is -2.27. The number of hydrogen-bond donors (Lipinski definition) is 2. The average Bonchev–Trinajstić information content (AvgIpc) is 2.55. The molecule has 0 aromatic heterocycles. The van der Waals surface area contributed by atoms with Gasteiger partial charge in [-0.25, -0.2) is 0 Å². The summed E-state index contributed by atoms with van der Waals surface area (Å²) < 4.78 is 38.5. The first-order valence-electron chi connectivity index (χ1n) is 7.83. The molecule has 1 atom stereocenters. The fourth-order valence-corrected chi connectivity index (χ4v) is 2.87. The number of halogens is 5. The summed E-state index contributed by atoms with van der Waals surface area (Å²) in [7, 11) is 1.49. The first-order valence-corrected chi connectivity index (χ1v) is 8.21. The number of anilines is 1. The van der Waals surface area contributed by atoms with E-state index in [4.69, 9.17) is 11.6 Å². The third kappa shape index (κ3) is 6.03. The van der Waals surface area contributed by atoms with E-state index in [0.717, 1.165) is 31.5 Å². The fraction of sp³-hybridized carbons (Fsp3) is 0.500. The first kappa shape index (κ1) is 22.5. The van der Waals surface area contributed by atoms with Crippen LogP contribution >= 0.6 is 24.0 Å². The molecule has 5 nitrogen and oxygen atoms in total. The maximum Gasteiger partial charge on any atom is 0.417 e. The van der Waals surface area contributed by atoms with E-state index in [2.05, 4.69) is 10.6 Å². The summed E-state index contributed by atoms with van der Waals surface area (Å²) >= 11 is 5.54. The van der Waals surface area contributed by atoms with Crippen LogP contribution in [-0.2, 0) is 15.8 Å². The summed E-state index contributed by atoms with van der Waals surface area (Å²) in [6, 6.07) is 2.80. The van der Waals surface area contributed by atoms with E-state index >= 15 is 0 Å². The highest BCUT2D eigenvalue weighted by molar-refractivity contribution is 6.31. The predicted molar refractivity (Wildman–Crippen MR) is 95.6 cm³/mol. The van der Waals surface area contributed by atoms with E-state index < -0.39 is 22.7 Å². The highest BCUT2D eigenvalue weighted by Gasteiger charge is 2.33. The molecule has 0 bridgehead atoms. The van der Waals surface area contributed by atoms with Gasteiger partial charge in [0.2, 0.25) is 11.8 Å². The summed E-state index contributed by atoms with van der Waals surface area (Å²) in [5, 5.41) is 5.01. The van der Waals surface area contributed by atoms with Gasteiger partial charge in [0, 0.05) is 12.7 Å². The van der Waals surface area contributed by atoms with E-state index in [9.17, 15) is 22.8 Å². The number of alkyl halides is 3. The molecule has 1 heterocycles. The zero-order chi connectivity index (χ0) is 18.6. The summed E-state index contributed by atoms with van der Waals surface area (Å²) in [6.45, 7) is 0.502. The Balaban J connectivity index is 0.00000338. The Labute approximate surface area is 160 Å². The number of piperidine rings is 1. The average molecular weight is 414 g/mol. The molecule has 1 aromatic rings. The Morgan fingerprint density at radius 2 is 2.04 bits per heavy atom. The lowest BCUT2D eigenvalue weighted by Crippen LogP contribution is -2.49. The van der Waals surface area contributed by atoms with E-state index in [1.54, 1.807) is 0 Å². The molecule has 2 amide bonds. The van der Waals surface area contributed by atoms with Crippen molar-refractivity contribution in [3.63, 3.8) is 0 Å². The minimum atomic E-state index is -4.61. The van der Waals surface area contributed by atoms with Crippen LogP contribution in [0.2, 0.25) is 5.02 Å². The standard InChI is InChI=1S/C16H19ClF3N3O2.ClH/c1-23(15(25)13-4-2-3-7-21-13)9-14(24)22-10-5-6-12(17)11(8-10)16(18,19)20;/h5-6,8,13,21H,2-4,7,9H2,1H3,(H,22,24);1H. The van der Waals surface area contributed by atoms with Gasteiger partial charge in [0.05, 0.1) is 23.2 Å². The van der Waals surface area contributed by atoms with Crippen molar-refractivity contribution < 1.29 is 22.8 Å². The number of amides is 2. The molecule has 0 aliphatic carbocycles. The molecule has 1 aliphatic heterocycles. The molecular weight excluding hydrogens is 394 g/mol. The first-order chi connectivity index (χ1) is 11.7. The lowest BCUT2D eigenvalue weighted by molar-refractivity contribution is -0.137. The van der Waals surface area contributed by atoms with Crippen LogP contribution in [0, 0.1) is 0 Å². The summed E-state index contributed by atoms with van der Waals surface area (Å²) in [5.74, 6) is -0.788. The molecular formula is C16H20Cl2F3N3O2. The summed E-state index contributed by atoms with van der Waals surface area (Å²) in [6.07, 6.45) is -1.96. The highest BCUT2D eigenvalue weighted by atomic mass is 35.5. The van der Waals surface area contributed by atoms with Crippen LogP contribution in [0.5, 0.6) is 0 Å². The topological polar surface area (TPSA) is 61.4 Å². The van der Waals surface area contributed by atoms with Crippen LogP contribution in [0.15, 0.2) is 18.2 Å². The van der Waals surface area contributed by atoms with Crippen molar-refractivity contribution in [1.82, 2.24) is 10.2 Å². The molecule has 1 unspecified atom stereocenters. The van der Waals surface area contributed by atoms with E-state index in [1.807, 2.05) is 0 Å². The van der Waals surface area contributed by atoms with Crippen molar-refractivity contribution in [2.24, 2.45) is 0 Å². The molecule has 0 radical (unpaired) electrons. The van der Waals surface area contributed by atoms with Crippen LogP contribution in [-0.4, -0.2) is 42.9 Å². The number of nitrogens with one attached hydrogen (secondary N) is 2. The summed E-state index contributed by atoms with van der Waals surface area (Å²) in [4.78, 5) is 25.5. The largest absolute Gasteiger partial charge is 0.417 e. The monoisotopic (exact) mass is 413 g/mol. The smallest absolute Gasteiger partial charge is 0.335 e. The number of hydrogen-bond acceptors (Lipinski definition) is 3. The van der Waals surface area contributed by atoms with Crippen molar-refractivity contribution in [3.05, 3.63) is 28.8 Å². The minimum Gasteiger partial charge on any atom is -0.335 e.